The normalized spacial score (nSPS) is 35.4. The second kappa shape index (κ2) is 11.4. The van der Waals surface area contributed by atoms with Gasteiger partial charge in [0, 0.05) is 12.0 Å². The molecule has 6 rings (SSSR count). The van der Waals surface area contributed by atoms with Crippen molar-refractivity contribution in [2.45, 2.75) is 91.1 Å². The summed E-state index contributed by atoms with van der Waals surface area (Å²) in [4.78, 5) is 22.3. The zero-order valence-corrected chi connectivity index (χ0v) is 21.9. The van der Waals surface area contributed by atoms with Crippen molar-refractivity contribution >= 4 is 18.1 Å². The quantitative estimate of drug-likeness (QED) is 0.461. The monoisotopic (exact) mass is 476 g/mol. The Balaban J connectivity index is 0.000000167. The van der Waals surface area contributed by atoms with Crippen LogP contribution in [0, 0.1) is 35.0 Å². The molecule has 35 heavy (non-hydrogen) atoms. The molecule has 3 nitrogen and oxygen atoms in total. The van der Waals surface area contributed by atoms with E-state index in [0.717, 1.165) is 66.8 Å². The minimum absolute atomic E-state index is 0.0710. The van der Waals surface area contributed by atoms with E-state index in [9.17, 15) is 14.7 Å². The van der Waals surface area contributed by atoms with E-state index >= 15 is 0 Å². The van der Waals surface area contributed by atoms with Crippen molar-refractivity contribution in [3.63, 3.8) is 0 Å². The number of hydrogen-bond acceptors (Lipinski definition) is 3. The number of rotatable bonds is 3. The van der Waals surface area contributed by atoms with Gasteiger partial charge < -0.3 is 5.11 Å². The fraction of sp³-hybridized carbons (Fsp3) is 0.625. The van der Waals surface area contributed by atoms with Gasteiger partial charge in [0.15, 0.2) is 12.1 Å². The molecule has 6 unspecified atom stereocenters. The largest absolute Gasteiger partial charge is 0.393 e. The van der Waals surface area contributed by atoms with Gasteiger partial charge >= 0.3 is 0 Å². The predicted molar refractivity (Wildman–Crippen MR) is 143 cm³/mol. The van der Waals surface area contributed by atoms with Gasteiger partial charge in [0.1, 0.15) is 0 Å². The molecular weight excluding hydrogens is 432 g/mol. The lowest BCUT2D eigenvalue weighted by molar-refractivity contribution is -0.116. The van der Waals surface area contributed by atoms with Gasteiger partial charge in [-0.1, -0.05) is 62.8 Å². The lowest BCUT2D eigenvalue weighted by atomic mass is 9.52. The summed E-state index contributed by atoms with van der Waals surface area (Å²) in [6, 6.07) is 7.67. The molecule has 4 fully saturated rings. The Labute approximate surface area is 212 Å². The van der Waals surface area contributed by atoms with E-state index < -0.39 is 0 Å². The fourth-order valence-electron chi connectivity index (χ4n) is 7.45. The molecule has 0 heterocycles. The smallest absolute Gasteiger partial charge is 0.155 e. The summed E-state index contributed by atoms with van der Waals surface area (Å²) in [5.74, 6) is 4.14. The van der Waals surface area contributed by atoms with Crippen molar-refractivity contribution in [1.82, 2.24) is 0 Å². The van der Waals surface area contributed by atoms with Crippen LogP contribution in [0.4, 0.5) is 0 Å². The standard InChI is InChI=1S/C18H26O2.C12H12O.C2H6/c1-18-9-8-14-13-5-3-12(19)10-11(13)2-4-15(14)16(18)6-7-17(18)20;13-9-12-4-2-1-3-11(12)8-7-10-5-6-10;1-2/h10,13-17,20H,2-9H2,1H3;1-4,7-10H,5-6H2;1-2H3/b;8-7-;. The van der Waals surface area contributed by atoms with Crippen LogP contribution in [0.25, 0.3) is 6.08 Å². The van der Waals surface area contributed by atoms with E-state index in [1.54, 1.807) is 0 Å². The van der Waals surface area contributed by atoms with Crippen LogP contribution in [0.15, 0.2) is 42.0 Å². The molecule has 1 aromatic carbocycles. The van der Waals surface area contributed by atoms with Gasteiger partial charge in [-0.3, -0.25) is 9.59 Å². The Morgan fingerprint density at radius 1 is 0.914 bits per heavy atom. The van der Waals surface area contributed by atoms with E-state index in [4.69, 9.17) is 0 Å². The summed E-state index contributed by atoms with van der Waals surface area (Å²) in [6.45, 7) is 6.33. The van der Waals surface area contributed by atoms with E-state index in [-0.39, 0.29) is 11.5 Å². The van der Waals surface area contributed by atoms with Crippen molar-refractivity contribution < 1.29 is 14.7 Å². The molecule has 0 aliphatic heterocycles. The van der Waals surface area contributed by atoms with Crippen molar-refractivity contribution in [3.8, 4) is 0 Å². The van der Waals surface area contributed by atoms with E-state index in [1.165, 1.54) is 44.1 Å². The zero-order chi connectivity index (χ0) is 25.0. The van der Waals surface area contributed by atoms with E-state index in [2.05, 4.69) is 19.1 Å². The lowest BCUT2D eigenvalue weighted by Crippen LogP contribution is -2.47. The maximum Gasteiger partial charge on any atom is 0.155 e. The van der Waals surface area contributed by atoms with E-state index in [1.807, 2.05) is 44.2 Å². The molecular formula is C32H44O3. The van der Waals surface area contributed by atoms with Crippen molar-refractivity contribution in [2.24, 2.45) is 35.0 Å². The predicted octanol–water partition coefficient (Wildman–Crippen LogP) is 7.44. The molecule has 1 aromatic rings. The molecule has 190 valence electrons. The van der Waals surface area contributed by atoms with Crippen LogP contribution in [0.1, 0.15) is 101 Å². The topological polar surface area (TPSA) is 54.4 Å². The third-order valence-corrected chi connectivity index (χ3v) is 9.54. The number of ketones is 1. The number of benzene rings is 1. The first-order chi connectivity index (χ1) is 17.0. The third-order valence-electron chi connectivity index (χ3n) is 9.54. The van der Waals surface area contributed by atoms with Crippen LogP contribution >= 0.6 is 0 Å². The Hall–Kier alpha value is -2.00. The van der Waals surface area contributed by atoms with Crippen LogP contribution < -0.4 is 0 Å². The van der Waals surface area contributed by atoms with Gasteiger partial charge in [0.25, 0.3) is 0 Å². The van der Waals surface area contributed by atoms with Crippen molar-refractivity contribution in [1.29, 1.82) is 0 Å². The van der Waals surface area contributed by atoms with Gasteiger partial charge in [0.2, 0.25) is 0 Å². The van der Waals surface area contributed by atoms with Crippen LogP contribution in [0.3, 0.4) is 0 Å². The minimum atomic E-state index is -0.0710. The molecule has 1 N–H and O–H groups in total. The highest BCUT2D eigenvalue weighted by molar-refractivity contribution is 5.91. The molecule has 0 amide bonds. The van der Waals surface area contributed by atoms with Crippen LogP contribution in [-0.2, 0) is 4.79 Å². The average molecular weight is 477 g/mol. The number of hydrogen-bond donors (Lipinski definition) is 1. The highest BCUT2D eigenvalue weighted by atomic mass is 16.3. The Kier molecular flexibility index (Phi) is 8.47. The lowest BCUT2D eigenvalue weighted by Gasteiger charge is -2.53. The maximum atomic E-state index is 11.6. The number of fused-ring (bicyclic) bond motifs is 5. The Morgan fingerprint density at radius 2 is 1.66 bits per heavy atom. The molecule has 0 saturated heterocycles. The molecule has 0 spiro atoms. The average Bonchev–Trinajstić information content (AvgIpc) is 3.67. The van der Waals surface area contributed by atoms with Gasteiger partial charge in [0.05, 0.1) is 6.10 Å². The van der Waals surface area contributed by atoms with Gasteiger partial charge in [-0.05, 0) is 104 Å². The van der Waals surface area contributed by atoms with Gasteiger partial charge in [-0.15, -0.1) is 0 Å². The summed E-state index contributed by atoms with van der Waals surface area (Å²) in [5.41, 5.74) is 3.46. The number of carbonyl (C=O) groups is 2. The first-order valence-electron chi connectivity index (χ1n) is 14.1. The highest BCUT2D eigenvalue weighted by Gasteiger charge is 2.55. The van der Waals surface area contributed by atoms with Crippen LogP contribution in [0.2, 0.25) is 0 Å². The first kappa shape index (κ1) is 26.1. The summed E-state index contributed by atoms with van der Waals surface area (Å²) in [7, 11) is 0. The molecule has 4 saturated carbocycles. The fourth-order valence-corrected chi connectivity index (χ4v) is 7.45. The minimum Gasteiger partial charge on any atom is -0.393 e. The van der Waals surface area contributed by atoms with Gasteiger partial charge in [-0.2, -0.15) is 0 Å². The number of aldehydes is 1. The SMILES string of the molecule is CC.CC12CCC3C4CCC(=O)C=C4CCC3C1CCC2O.O=Cc1ccccc1/C=C\C1CC1. The zero-order valence-electron chi connectivity index (χ0n) is 21.9. The second-order valence-electron chi connectivity index (χ2n) is 11.4. The van der Waals surface area contributed by atoms with Crippen molar-refractivity contribution in [2.75, 3.05) is 0 Å². The Morgan fingerprint density at radius 3 is 2.37 bits per heavy atom. The molecule has 0 bridgehead atoms. The molecule has 3 heteroatoms. The highest BCUT2D eigenvalue weighted by Crippen LogP contribution is 2.61. The van der Waals surface area contributed by atoms with Crippen LogP contribution in [0.5, 0.6) is 0 Å². The second-order valence-corrected chi connectivity index (χ2v) is 11.4. The number of carbonyl (C=O) groups excluding carboxylic acids is 2. The van der Waals surface area contributed by atoms with Crippen molar-refractivity contribution in [3.05, 3.63) is 53.1 Å². The molecule has 6 atom stereocenters. The summed E-state index contributed by atoms with van der Waals surface area (Å²) >= 11 is 0. The number of aliphatic hydroxyl groups is 1. The molecule has 5 aliphatic rings. The molecule has 5 aliphatic carbocycles. The number of allylic oxidation sites excluding steroid dienone is 2. The summed E-state index contributed by atoms with van der Waals surface area (Å²) < 4.78 is 0. The number of aliphatic hydroxyl groups excluding tert-OH is 1. The Bertz CT molecular complexity index is 955. The van der Waals surface area contributed by atoms with Crippen LogP contribution in [-0.4, -0.2) is 23.3 Å². The summed E-state index contributed by atoms with van der Waals surface area (Å²) in [5, 5.41) is 10.4. The van der Waals surface area contributed by atoms with Gasteiger partial charge in [-0.25, -0.2) is 0 Å². The summed E-state index contributed by atoms with van der Waals surface area (Å²) in [6.07, 6.45) is 18.6. The first-order valence-corrected chi connectivity index (χ1v) is 14.1. The maximum absolute atomic E-state index is 11.6. The third kappa shape index (κ3) is 5.56. The molecule has 0 radical (unpaired) electrons. The van der Waals surface area contributed by atoms with E-state index in [0.29, 0.717) is 11.7 Å². The molecule has 0 aromatic heterocycles.